The van der Waals surface area contributed by atoms with Gasteiger partial charge in [-0.2, -0.15) is 13.2 Å². The van der Waals surface area contributed by atoms with Gasteiger partial charge in [-0.1, -0.05) is 6.07 Å². The zero-order valence-electron chi connectivity index (χ0n) is 8.51. The number of carbonyl (C=O) groups excluding carboxylic acids is 1. The summed E-state index contributed by atoms with van der Waals surface area (Å²) in [4.78, 5) is 11.9. The lowest BCUT2D eigenvalue weighted by Crippen LogP contribution is -2.23. The van der Waals surface area contributed by atoms with Crippen molar-refractivity contribution in [2.45, 2.75) is 25.4 Å². The molecular weight excluding hydrogens is 239 g/mol. The number of hydrogen-bond acceptors (Lipinski definition) is 2. The van der Waals surface area contributed by atoms with Crippen LogP contribution in [0.3, 0.4) is 0 Å². The summed E-state index contributed by atoms with van der Waals surface area (Å²) in [6.45, 7) is 0.285. The fourth-order valence-electron chi connectivity index (χ4n) is 1.15. The summed E-state index contributed by atoms with van der Waals surface area (Å²) in [5.74, 6) is -0.220. The van der Waals surface area contributed by atoms with Crippen molar-refractivity contribution in [1.29, 1.82) is 0 Å². The summed E-state index contributed by atoms with van der Waals surface area (Å²) in [7, 11) is 0. The second-order valence-corrected chi connectivity index (χ2v) is 4.25. The van der Waals surface area contributed by atoms with Crippen LogP contribution in [0.1, 0.15) is 28.9 Å². The summed E-state index contributed by atoms with van der Waals surface area (Å²) >= 11 is 1.31. The van der Waals surface area contributed by atoms with Gasteiger partial charge < -0.3 is 5.32 Å². The van der Waals surface area contributed by atoms with E-state index in [1.807, 2.05) is 0 Å². The first-order valence-electron chi connectivity index (χ1n) is 4.87. The first-order chi connectivity index (χ1) is 7.49. The van der Waals surface area contributed by atoms with Crippen LogP contribution in [0.2, 0.25) is 0 Å². The van der Waals surface area contributed by atoms with Crippen LogP contribution >= 0.6 is 11.3 Å². The molecule has 6 heteroatoms. The fourth-order valence-corrected chi connectivity index (χ4v) is 1.79. The monoisotopic (exact) mass is 251 g/mol. The molecule has 90 valence electrons. The second-order valence-electron chi connectivity index (χ2n) is 3.31. The van der Waals surface area contributed by atoms with Crippen molar-refractivity contribution in [3.8, 4) is 0 Å². The number of carbonyl (C=O) groups is 1. The van der Waals surface area contributed by atoms with E-state index in [-0.39, 0.29) is 18.9 Å². The zero-order valence-corrected chi connectivity index (χ0v) is 9.33. The molecule has 0 atom stereocenters. The topological polar surface area (TPSA) is 29.1 Å². The van der Waals surface area contributed by atoms with E-state index >= 15 is 0 Å². The molecule has 0 saturated carbocycles. The van der Waals surface area contributed by atoms with Crippen molar-refractivity contribution in [2.24, 2.45) is 0 Å². The predicted octanol–water partition coefficient (Wildman–Crippen LogP) is 3.21. The average molecular weight is 251 g/mol. The van der Waals surface area contributed by atoms with Crippen molar-refractivity contribution in [3.05, 3.63) is 22.4 Å². The molecule has 0 aliphatic heterocycles. The minimum absolute atomic E-state index is 0.0498. The molecule has 1 aromatic heterocycles. The minimum Gasteiger partial charge on any atom is -0.351 e. The first kappa shape index (κ1) is 13.0. The Kier molecular flexibility index (Phi) is 4.79. The van der Waals surface area contributed by atoms with Crippen LogP contribution in [-0.4, -0.2) is 18.6 Å². The average Bonchev–Trinajstić information content (AvgIpc) is 2.67. The van der Waals surface area contributed by atoms with Crippen molar-refractivity contribution >= 4 is 17.2 Å². The maximum atomic E-state index is 11.8. The highest BCUT2D eigenvalue weighted by Gasteiger charge is 2.25. The van der Waals surface area contributed by atoms with Crippen LogP contribution in [0.4, 0.5) is 13.2 Å². The molecule has 1 heterocycles. The van der Waals surface area contributed by atoms with Gasteiger partial charge in [0.2, 0.25) is 0 Å². The van der Waals surface area contributed by atoms with Crippen LogP contribution in [-0.2, 0) is 0 Å². The molecule has 0 aliphatic carbocycles. The molecule has 2 nitrogen and oxygen atoms in total. The van der Waals surface area contributed by atoms with Crippen molar-refractivity contribution in [2.75, 3.05) is 6.54 Å². The summed E-state index contributed by atoms with van der Waals surface area (Å²) < 4.78 is 35.3. The molecular formula is C10H12F3NOS. The van der Waals surface area contributed by atoms with E-state index in [1.54, 1.807) is 17.5 Å². The zero-order chi connectivity index (χ0) is 12.0. The van der Waals surface area contributed by atoms with E-state index in [0.29, 0.717) is 11.3 Å². The van der Waals surface area contributed by atoms with Crippen LogP contribution < -0.4 is 5.32 Å². The van der Waals surface area contributed by atoms with Crippen molar-refractivity contribution in [3.63, 3.8) is 0 Å². The lowest BCUT2D eigenvalue weighted by atomic mass is 10.2. The van der Waals surface area contributed by atoms with Gasteiger partial charge in [0.15, 0.2) is 0 Å². The van der Waals surface area contributed by atoms with E-state index in [0.717, 1.165) is 0 Å². The Hall–Kier alpha value is -1.04. The van der Waals surface area contributed by atoms with Crippen molar-refractivity contribution < 1.29 is 18.0 Å². The Morgan fingerprint density at radius 3 is 2.69 bits per heavy atom. The number of amides is 1. The third kappa shape index (κ3) is 5.16. The summed E-state index contributed by atoms with van der Waals surface area (Å²) in [6.07, 6.45) is -4.50. The van der Waals surface area contributed by atoms with Gasteiger partial charge in [-0.3, -0.25) is 4.79 Å². The van der Waals surface area contributed by atoms with E-state index in [1.165, 1.54) is 11.3 Å². The van der Waals surface area contributed by atoms with Crippen LogP contribution in [0.25, 0.3) is 0 Å². The van der Waals surface area contributed by atoms with Crippen LogP contribution in [0, 0.1) is 0 Å². The molecule has 0 fully saturated rings. The molecule has 0 aromatic carbocycles. The highest BCUT2D eigenvalue weighted by molar-refractivity contribution is 7.12. The fraction of sp³-hybridized carbons (Fsp3) is 0.500. The van der Waals surface area contributed by atoms with E-state index in [4.69, 9.17) is 0 Å². The summed E-state index contributed by atoms with van der Waals surface area (Å²) in [6, 6.07) is 3.43. The quantitative estimate of drug-likeness (QED) is 0.800. The number of thiophene rings is 1. The second kappa shape index (κ2) is 5.89. The largest absolute Gasteiger partial charge is 0.389 e. The van der Waals surface area contributed by atoms with Gasteiger partial charge in [0.05, 0.1) is 4.88 Å². The van der Waals surface area contributed by atoms with Gasteiger partial charge in [-0.15, -0.1) is 11.3 Å². The van der Waals surface area contributed by atoms with Gasteiger partial charge in [0.1, 0.15) is 0 Å². The number of alkyl halides is 3. The van der Waals surface area contributed by atoms with Crippen LogP contribution in [0.5, 0.6) is 0 Å². The number of unbranched alkanes of at least 4 members (excludes halogenated alkanes) is 1. The molecule has 1 N–H and O–H groups in total. The molecule has 1 amide bonds. The third-order valence-corrected chi connectivity index (χ3v) is 2.79. The Labute approximate surface area is 95.5 Å². The molecule has 0 aliphatic rings. The van der Waals surface area contributed by atoms with Gasteiger partial charge >= 0.3 is 6.18 Å². The minimum atomic E-state index is -4.10. The normalized spacial score (nSPS) is 11.4. The van der Waals surface area contributed by atoms with Crippen molar-refractivity contribution in [1.82, 2.24) is 5.32 Å². The summed E-state index contributed by atoms with van der Waals surface area (Å²) in [5, 5.41) is 4.35. The molecule has 1 rings (SSSR count). The number of halogens is 3. The third-order valence-electron chi connectivity index (χ3n) is 1.92. The lowest BCUT2D eigenvalue weighted by molar-refractivity contribution is -0.135. The molecule has 0 bridgehead atoms. The molecule has 0 radical (unpaired) electrons. The van der Waals surface area contributed by atoms with Gasteiger partial charge in [0, 0.05) is 13.0 Å². The Bertz CT molecular complexity index is 321. The number of nitrogens with one attached hydrogen (secondary N) is 1. The summed E-state index contributed by atoms with van der Waals surface area (Å²) in [5.41, 5.74) is 0. The Morgan fingerprint density at radius 2 is 2.12 bits per heavy atom. The van der Waals surface area contributed by atoms with E-state index < -0.39 is 12.6 Å². The Balaban J connectivity index is 2.10. The smallest absolute Gasteiger partial charge is 0.351 e. The molecule has 0 saturated heterocycles. The SMILES string of the molecule is O=C(NCCCCC(F)(F)F)c1cccs1. The van der Waals surface area contributed by atoms with Crippen LogP contribution in [0.15, 0.2) is 17.5 Å². The van der Waals surface area contributed by atoms with Gasteiger partial charge in [-0.05, 0) is 24.3 Å². The standard InChI is InChI=1S/C10H12F3NOS/c11-10(12,13)5-1-2-6-14-9(15)8-4-3-7-16-8/h3-4,7H,1-2,5-6H2,(H,14,15). The lowest BCUT2D eigenvalue weighted by Gasteiger charge is -2.06. The predicted molar refractivity (Wildman–Crippen MR) is 56.6 cm³/mol. The maximum absolute atomic E-state index is 11.8. The molecule has 0 unspecified atom stereocenters. The maximum Gasteiger partial charge on any atom is 0.389 e. The number of hydrogen-bond donors (Lipinski definition) is 1. The van der Waals surface area contributed by atoms with Gasteiger partial charge in [-0.25, -0.2) is 0 Å². The first-order valence-corrected chi connectivity index (χ1v) is 5.75. The highest BCUT2D eigenvalue weighted by Crippen LogP contribution is 2.21. The highest BCUT2D eigenvalue weighted by atomic mass is 32.1. The van der Waals surface area contributed by atoms with Gasteiger partial charge in [0.25, 0.3) is 5.91 Å². The Morgan fingerprint density at radius 1 is 1.38 bits per heavy atom. The molecule has 16 heavy (non-hydrogen) atoms. The van der Waals surface area contributed by atoms with E-state index in [9.17, 15) is 18.0 Å². The number of rotatable bonds is 5. The molecule has 0 spiro atoms. The van der Waals surface area contributed by atoms with E-state index in [2.05, 4.69) is 5.32 Å². The molecule has 1 aromatic rings.